The average molecular weight is 429 g/mol. The van der Waals surface area contributed by atoms with Crippen molar-refractivity contribution in [3.63, 3.8) is 0 Å². The van der Waals surface area contributed by atoms with E-state index in [9.17, 15) is 17.6 Å². The van der Waals surface area contributed by atoms with Gasteiger partial charge < -0.3 is 10.1 Å². The average Bonchev–Trinajstić information content (AvgIpc) is 2.64. The Labute approximate surface area is 169 Å². The third-order valence-electron chi connectivity index (χ3n) is 3.89. The molecule has 6 nitrogen and oxygen atoms in total. The summed E-state index contributed by atoms with van der Waals surface area (Å²) < 4.78 is 44.3. The minimum absolute atomic E-state index is 0.193. The number of hydrogen-bond acceptors (Lipinski definition) is 4. The monoisotopic (exact) mass is 428 g/mol. The summed E-state index contributed by atoms with van der Waals surface area (Å²) in [5, 5.41) is 3.27. The van der Waals surface area contributed by atoms with Crippen molar-refractivity contribution in [2.24, 2.45) is 0 Å². The highest BCUT2D eigenvalue weighted by atomic mass is 35.5. The summed E-state index contributed by atoms with van der Waals surface area (Å²) >= 11 is 5.80. The number of sulfonamides is 1. The van der Waals surface area contributed by atoms with E-state index in [1.54, 1.807) is 31.2 Å². The molecule has 0 heterocycles. The van der Waals surface area contributed by atoms with Crippen LogP contribution < -0.4 is 14.4 Å². The number of amides is 1. The van der Waals surface area contributed by atoms with Crippen LogP contribution in [0.1, 0.15) is 13.3 Å². The van der Waals surface area contributed by atoms with E-state index in [-0.39, 0.29) is 25.3 Å². The first kappa shape index (κ1) is 22.0. The largest absolute Gasteiger partial charge is 0.492 e. The van der Waals surface area contributed by atoms with Gasteiger partial charge in [-0.25, -0.2) is 12.8 Å². The van der Waals surface area contributed by atoms with Gasteiger partial charge in [-0.3, -0.25) is 9.10 Å². The van der Waals surface area contributed by atoms with Gasteiger partial charge in [0.15, 0.2) is 0 Å². The molecule has 1 amide bonds. The van der Waals surface area contributed by atoms with Gasteiger partial charge in [0.25, 0.3) is 0 Å². The Bertz CT molecular complexity index is 889. The molecule has 0 bridgehead atoms. The summed E-state index contributed by atoms with van der Waals surface area (Å²) in [6.07, 6.45) is 1.25. The van der Waals surface area contributed by atoms with Crippen molar-refractivity contribution in [2.75, 3.05) is 23.7 Å². The number of carbonyl (C=O) groups excluding carboxylic acids is 1. The minimum Gasteiger partial charge on any atom is -0.492 e. The number of halogens is 2. The van der Waals surface area contributed by atoms with E-state index in [1.807, 2.05) is 0 Å². The third kappa shape index (κ3) is 6.10. The van der Waals surface area contributed by atoms with E-state index in [0.29, 0.717) is 10.8 Å². The summed E-state index contributed by atoms with van der Waals surface area (Å²) in [6.45, 7) is 2.11. The lowest BCUT2D eigenvalue weighted by Crippen LogP contribution is -2.50. The van der Waals surface area contributed by atoms with Gasteiger partial charge in [0, 0.05) is 5.02 Å². The molecule has 0 saturated carbocycles. The molecule has 1 N–H and O–H groups in total. The summed E-state index contributed by atoms with van der Waals surface area (Å²) in [5.74, 6) is -0.347. The second kappa shape index (κ2) is 9.75. The van der Waals surface area contributed by atoms with Gasteiger partial charge in [-0.05, 0) is 55.0 Å². The van der Waals surface area contributed by atoms with Crippen molar-refractivity contribution in [1.29, 1.82) is 0 Å². The third-order valence-corrected chi connectivity index (χ3v) is 5.33. The van der Waals surface area contributed by atoms with Crippen LogP contribution in [0.5, 0.6) is 5.75 Å². The number of benzene rings is 2. The van der Waals surface area contributed by atoms with Crippen LogP contribution in [0.3, 0.4) is 0 Å². The van der Waals surface area contributed by atoms with Gasteiger partial charge in [-0.1, -0.05) is 18.5 Å². The molecule has 2 aromatic rings. The number of anilines is 1. The van der Waals surface area contributed by atoms with Gasteiger partial charge in [0.1, 0.15) is 24.2 Å². The molecule has 0 saturated heterocycles. The SMILES string of the molecule is CCC(C(=O)NCCOc1ccc(Cl)cc1)N(c1ccc(F)cc1)S(C)(=O)=O. The van der Waals surface area contributed by atoms with Gasteiger partial charge in [0.2, 0.25) is 15.9 Å². The molecule has 1 unspecified atom stereocenters. The highest BCUT2D eigenvalue weighted by Crippen LogP contribution is 2.22. The second-order valence-electron chi connectivity index (χ2n) is 6.05. The zero-order chi connectivity index (χ0) is 20.7. The van der Waals surface area contributed by atoms with Crippen LogP contribution in [-0.2, 0) is 14.8 Å². The van der Waals surface area contributed by atoms with Crippen molar-refractivity contribution in [2.45, 2.75) is 19.4 Å². The van der Waals surface area contributed by atoms with Crippen molar-refractivity contribution in [3.8, 4) is 5.75 Å². The lowest BCUT2D eigenvalue weighted by atomic mass is 10.2. The number of nitrogens with one attached hydrogen (secondary N) is 1. The maximum Gasteiger partial charge on any atom is 0.244 e. The zero-order valence-electron chi connectivity index (χ0n) is 15.6. The van der Waals surface area contributed by atoms with Gasteiger partial charge in [0.05, 0.1) is 18.5 Å². The number of ether oxygens (including phenoxy) is 1. The molecule has 0 aromatic heterocycles. The summed E-state index contributed by atoms with van der Waals surface area (Å²) in [5.41, 5.74) is 0.225. The summed E-state index contributed by atoms with van der Waals surface area (Å²) in [6, 6.07) is 10.8. The van der Waals surface area contributed by atoms with Gasteiger partial charge in [-0.15, -0.1) is 0 Å². The van der Waals surface area contributed by atoms with Crippen LogP contribution in [0.25, 0.3) is 0 Å². The second-order valence-corrected chi connectivity index (χ2v) is 8.35. The highest BCUT2D eigenvalue weighted by Gasteiger charge is 2.31. The van der Waals surface area contributed by atoms with E-state index < -0.39 is 27.8 Å². The Hall–Kier alpha value is -2.32. The van der Waals surface area contributed by atoms with E-state index >= 15 is 0 Å². The fourth-order valence-corrected chi connectivity index (χ4v) is 3.98. The Balaban J connectivity index is 2.02. The van der Waals surface area contributed by atoms with Crippen LogP contribution in [0.15, 0.2) is 48.5 Å². The Morgan fingerprint density at radius 3 is 2.32 bits per heavy atom. The molecule has 0 aliphatic rings. The van der Waals surface area contributed by atoms with Gasteiger partial charge in [-0.2, -0.15) is 0 Å². The van der Waals surface area contributed by atoms with E-state index in [1.165, 1.54) is 12.1 Å². The zero-order valence-corrected chi connectivity index (χ0v) is 17.1. The summed E-state index contributed by atoms with van der Waals surface area (Å²) in [7, 11) is -3.76. The van der Waals surface area contributed by atoms with Crippen LogP contribution >= 0.6 is 11.6 Å². The maximum absolute atomic E-state index is 13.2. The fourth-order valence-electron chi connectivity index (χ4n) is 2.64. The number of nitrogens with zero attached hydrogens (tertiary/aromatic N) is 1. The predicted molar refractivity (Wildman–Crippen MR) is 108 cm³/mol. The van der Waals surface area contributed by atoms with Crippen LogP contribution in [0.4, 0.5) is 10.1 Å². The van der Waals surface area contributed by atoms with E-state index in [2.05, 4.69) is 5.32 Å². The molecule has 1 atom stereocenters. The van der Waals surface area contributed by atoms with Crippen molar-refractivity contribution < 1.29 is 22.3 Å². The summed E-state index contributed by atoms with van der Waals surface area (Å²) in [4.78, 5) is 12.6. The minimum atomic E-state index is -3.76. The van der Waals surface area contributed by atoms with Crippen LogP contribution in [0, 0.1) is 5.82 Å². The van der Waals surface area contributed by atoms with Crippen LogP contribution in [-0.4, -0.2) is 39.8 Å². The molecule has 2 aromatic carbocycles. The Morgan fingerprint density at radius 1 is 1.18 bits per heavy atom. The first-order chi connectivity index (χ1) is 13.2. The predicted octanol–water partition coefficient (Wildman–Crippen LogP) is 3.22. The fraction of sp³-hybridized carbons (Fsp3) is 0.316. The van der Waals surface area contributed by atoms with Crippen molar-refractivity contribution >= 4 is 33.2 Å². The van der Waals surface area contributed by atoms with Crippen LogP contribution in [0.2, 0.25) is 5.02 Å². The standard InChI is InChI=1S/C19H22ClFN2O4S/c1-3-18(23(28(2,25)26)16-8-6-15(21)7-9-16)19(24)22-12-13-27-17-10-4-14(20)5-11-17/h4-11,18H,3,12-13H2,1-2H3,(H,22,24). The van der Waals surface area contributed by atoms with E-state index in [4.69, 9.17) is 16.3 Å². The topological polar surface area (TPSA) is 75.7 Å². The number of rotatable bonds is 9. The molecule has 28 heavy (non-hydrogen) atoms. The molecule has 0 spiro atoms. The lowest BCUT2D eigenvalue weighted by molar-refractivity contribution is -0.122. The Morgan fingerprint density at radius 2 is 1.79 bits per heavy atom. The molecule has 152 valence electrons. The maximum atomic E-state index is 13.2. The molecular formula is C19H22ClFN2O4S. The van der Waals surface area contributed by atoms with Crippen molar-refractivity contribution in [3.05, 3.63) is 59.4 Å². The van der Waals surface area contributed by atoms with Crippen molar-refractivity contribution in [1.82, 2.24) is 5.32 Å². The molecule has 0 aliphatic heterocycles. The van der Waals surface area contributed by atoms with E-state index in [0.717, 1.165) is 22.7 Å². The molecule has 0 fully saturated rings. The lowest BCUT2D eigenvalue weighted by Gasteiger charge is -2.30. The molecular weight excluding hydrogens is 407 g/mol. The first-order valence-corrected chi connectivity index (χ1v) is 10.9. The first-order valence-electron chi connectivity index (χ1n) is 8.63. The smallest absolute Gasteiger partial charge is 0.244 e. The Kier molecular flexibility index (Phi) is 7.65. The number of hydrogen-bond donors (Lipinski definition) is 1. The number of carbonyl (C=O) groups is 1. The molecule has 9 heteroatoms. The molecule has 2 rings (SSSR count). The quantitative estimate of drug-likeness (QED) is 0.622. The molecule has 0 radical (unpaired) electrons. The molecule has 0 aliphatic carbocycles. The highest BCUT2D eigenvalue weighted by molar-refractivity contribution is 7.92. The van der Waals surface area contributed by atoms with Gasteiger partial charge >= 0.3 is 0 Å². The normalized spacial score (nSPS) is 12.3.